The summed E-state index contributed by atoms with van der Waals surface area (Å²) in [6.45, 7) is 2.77. The zero-order chi connectivity index (χ0) is 15.6. The van der Waals surface area contributed by atoms with Crippen LogP contribution in [0.2, 0.25) is 5.15 Å². The van der Waals surface area contributed by atoms with Crippen LogP contribution in [0.5, 0.6) is 0 Å². The number of amides is 2. The Morgan fingerprint density at radius 2 is 2.00 bits per heavy atom. The zero-order valence-electron chi connectivity index (χ0n) is 12.2. The standard InChI is InChI=1S/C13H17ClN4O3/c1-9-10(12(14)16(2)15-9)5-6-11(19)17-7-4-8-18(17)13(20)21-3/h5-6H,4,7-8H2,1-3H3. The molecule has 8 heteroatoms. The maximum absolute atomic E-state index is 12.2. The number of methoxy groups -OCH3 is 1. The van der Waals surface area contributed by atoms with Gasteiger partial charge in [0.1, 0.15) is 5.15 Å². The number of aromatic nitrogens is 2. The molecule has 0 aliphatic carbocycles. The van der Waals surface area contributed by atoms with Crippen LogP contribution >= 0.6 is 11.6 Å². The van der Waals surface area contributed by atoms with E-state index >= 15 is 0 Å². The summed E-state index contributed by atoms with van der Waals surface area (Å²) in [6, 6.07) is 0. The van der Waals surface area contributed by atoms with Crippen LogP contribution in [0.15, 0.2) is 6.08 Å². The monoisotopic (exact) mass is 312 g/mol. The molecule has 0 spiro atoms. The van der Waals surface area contributed by atoms with E-state index in [2.05, 4.69) is 9.84 Å². The average molecular weight is 313 g/mol. The molecule has 1 saturated heterocycles. The molecule has 2 rings (SSSR count). The number of hydrogen-bond donors (Lipinski definition) is 0. The Balaban J connectivity index is 2.14. The van der Waals surface area contributed by atoms with Crippen LogP contribution < -0.4 is 0 Å². The molecule has 1 aromatic rings. The van der Waals surface area contributed by atoms with Gasteiger partial charge in [-0.3, -0.25) is 9.48 Å². The second kappa shape index (κ2) is 6.17. The van der Waals surface area contributed by atoms with Gasteiger partial charge in [-0.05, 0) is 19.4 Å². The maximum atomic E-state index is 12.2. The van der Waals surface area contributed by atoms with Gasteiger partial charge < -0.3 is 4.74 Å². The van der Waals surface area contributed by atoms with Crippen molar-refractivity contribution in [2.24, 2.45) is 7.05 Å². The summed E-state index contributed by atoms with van der Waals surface area (Å²) in [5, 5.41) is 7.29. The normalized spacial score (nSPS) is 15.0. The highest BCUT2D eigenvalue weighted by Gasteiger charge is 2.30. The van der Waals surface area contributed by atoms with Gasteiger partial charge in [0.15, 0.2) is 0 Å². The number of carbonyl (C=O) groups is 2. The summed E-state index contributed by atoms with van der Waals surface area (Å²) in [6.07, 6.45) is 3.18. The fraction of sp³-hybridized carbons (Fsp3) is 0.462. The largest absolute Gasteiger partial charge is 0.452 e. The van der Waals surface area contributed by atoms with Crippen LogP contribution in [0.3, 0.4) is 0 Å². The minimum Gasteiger partial charge on any atom is -0.452 e. The molecule has 1 aliphatic heterocycles. The molecule has 0 radical (unpaired) electrons. The van der Waals surface area contributed by atoms with Gasteiger partial charge >= 0.3 is 6.09 Å². The molecule has 1 aliphatic rings. The van der Waals surface area contributed by atoms with Gasteiger partial charge in [-0.1, -0.05) is 11.6 Å². The first-order chi connectivity index (χ1) is 9.95. The van der Waals surface area contributed by atoms with Crippen molar-refractivity contribution in [1.29, 1.82) is 0 Å². The number of hydrogen-bond acceptors (Lipinski definition) is 4. The van der Waals surface area contributed by atoms with E-state index in [-0.39, 0.29) is 5.91 Å². The van der Waals surface area contributed by atoms with Crippen LogP contribution in [0.25, 0.3) is 6.08 Å². The summed E-state index contributed by atoms with van der Waals surface area (Å²) in [5.74, 6) is -0.294. The molecule has 0 atom stereocenters. The second-order valence-corrected chi connectivity index (χ2v) is 5.01. The van der Waals surface area contributed by atoms with Crippen LogP contribution in [0, 0.1) is 6.92 Å². The Morgan fingerprint density at radius 3 is 2.57 bits per heavy atom. The van der Waals surface area contributed by atoms with Crippen molar-refractivity contribution in [1.82, 2.24) is 19.8 Å². The molecular formula is C13H17ClN4O3. The lowest BCUT2D eigenvalue weighted by atomic mass is 10.2. The Hall–Kier alpha value is -2.02. The first-order valence-corrected chi connectivity index (χ1v) is 6.87. The summed E-state index contributed by atoms with van der Waals surface area (Å²) < 4.78 is 6.19. The Labute approximate surface area is 127 Å². The molecule has 2 heterocycles. The van der Waals surface area contributed by atoms with Crippen LogP contribution in [-0.4, -0.2) is 52.0 Å². The van der Waals surface area contributed by atoms with Gasteiger partial charge in [-0.15, -0.1) is 0 Å². The lowest BCUT2D eigenvalue weighted by Crippen LogP contribution is -2.44. The van der Waals surface area contributed by atoms with E-state index < -0.39 is 6.09 Å². The van der Waals surface area contributed by atoms with Gasteiger partial charge in [-0.25, -0.2) is 14.8 Å². The number of halogens is 1. The van der Waals surface area contributed by atoms with Crippen molar-refractivity contribution in [2.45, 2.75) is 13.3 Å². The Morgan fingerprint density at radius 1 is 1.33 bits per heavy atom. The third kappa shape index (κ3) is 3.02. The molecule has 7 nitrogen and oxygen atoms in total. The first-order valence-electron chi connectivity index (χ1n) is 6.49. The molecule has 0 N–H and O–H groups in total. The van der Waals surface area contributed by atoms with Gasteiger partial charge in [-0.2, -0.15) is 5.10 Å². The molecule has 1 aromatic heterocycles. The highest BCUT2D eigenvalue weighted by molar-refractivity contribution is 6.31. The molecule has 2 amide bonds. The lowest BCUT2D eigenvalue weighted by Gasteiger charge is -2.25. The minimum atomic E-state index is -0.537. The molecule has 114 valence electrons. The Kier molecular flexibility index (Phi) is 4.52. The van der Waals surface area contributed by atoms with E-state index in [4.69, 9.17) is 11.6 Å². The van der Waals surface area contributed by atoms with E-state index in [1.807, 2.05) is 6.92 Å². The molecular weight excluding hydrogens is 296 g/mol. The van der Waals surface area contributed by atoms with E-state index in [9.17, 15) is 9.59 Å². The molecule has 21 heavy (non-hydrogen) atoms. The Bertz CT molecular complexity index is 596. The summed E-state index contributed by atoms with van der Waals surface area (Å²) in [4.78, 5) is 23.8. The van der Waals surface area contributed by atoms with Crippen LogP contribution in [0.4, 0.5) is 4.79 Å². The SMILES string of the molecule is COC(=O)N1CCCN1C(=O)C=Cc1c(C)nn(C)c1Cl. The third-order valence-electron chi connectivity index (χ3n) is 3.26. The highest BCUT2D eigenvalue weighted by atomic mass is 35.5. The fourth-order valence-corrected chi connectivity index (χ4v) is 2.45. The minimum absolute atomic E-state index is 0.294. The molecule has 0 aromatic carbocycles. The molecule has 0 bridgehead atoms. The first kappa shape index (κ1) is 15.4. The zero-order valence-corrected chi connectivity index (χ0v) is 12.9. The summed E-state index contributed by atoms with van der Waals surface area (Å²) >= 11 is 6.10. The van der Waals surface area contributed by atoms with E-state index in [1.54, 1.807) is 13.1 Å². The van der Waals surface area contributed by atoms with Crippen molar-refractivity contribution in [3.8, 4) is 0 Å². The van der Waals surface area contributed by atoms with Crippen molar-refractivity contribution in [3.63, 3.8) is 0 Å². The number of ether oxygens (including phenoxy) is 1. The number of rotatable bonds is 2. The predicted octanol–water partition coefficient (Wildman–Crippen LogP) is 1.61. The topological polar surface area (TPSA) is 67.7 Å². The third-order valence-corrected chi connectivity index (χ3v) is 3.71. The molecule has 1 fully saturated rings. The number of nitrogens with zero attached hydrogens (tertiary/aromatic N) is 4. The fourth-order valence-electron chi connectivity index (χ4n) is 2.21. The van der Waals surface area contributed by atoms with Crippen molar-refractivity contribution < 1.29 is 14.3 Å². The summed E-state index contributed by atoms with van der Waals surface area (Å²) in [7, 11) is 3.02. The van der Waals surface area contributed by atoms with Gasteiger partial charge in [0.05, 0.1) is 12.8 Å². The number of hydrazine groups is 1. The summed E-state index contributed by atoms with van der Waals surface area (Å²) in [5.41, 5.74) is 1.43. The van der Waals surface area contributed by atoms with Crippen molar-refractivity contribution in [2.75, 3.05) is 20.2 Å². The predicted molar refractivity (Wildman–Crippen MR) is 77.4 cm³/mol. The highest BCUT2D eigenvalue weighted by Crippen LogP contribution is 2.20. The number of carbonyl (C=O) groups excluding carboxylic acids is 2. The second-order valence-electron chi connectivity index (χ2n) is 4.65. The maximum Gasteiger partial charge on any atom is 0.428 e. The van der Waals surface area contributed by atoms with E-state index in [1.165, 1.54) is 27.9 Å². The van der Waals surface area contributed by atoms with Crippen LogP contribution in [0.1, 0.15) is 17.7 Å². The van der Waals surface area contributed by atoms with Gasteiger partial charge in [0.25, 0.3) is 5.91 Å². The molecule has 0 saturated carbocycles. The number of aryl methyl sites for hydroxylation is 2. The van der Waals surface area contributed by atoms with Crippen molar-refractivity contribution >= 4 is 29.7 Å². The average Bonchev–Trinajstić information content (AvgIpc) is 3.03. The van der Waals surface area contributed by atoms with E-state index in [0.717, 1.165) is 12.1 Å². The van der Waals surface area contributed by atoms with Gasteiger partial charge in [0, 0.05) is 31.8 Å². The smallest absolute Gasteiger partial charge is 0.428 e. The quantitative estimate of drug-likeness (QED) is 0.778. The van der Waals surface area contributed by atoms with Gasteiger partial charge in [0.2, 0.25) is 0 Å². The lowest BCUT2D eigenvalue weighted by molar-refractivity contribution is -0.135. The van der Waals surface area contributed by atoms with E-state index in [0.29, 0.717) is 23.8 Å². The van der Waals surface area contributed by atoms with Crippen molar-refractivity contribution in [3.05, 3.63) is 22.5 Å². The molecule has 0 unspecified atom stereocenters. The van der Waals surface area contributed by atoms with Crippen LogP contribution in [-0.2, 0) is 16.6 Å².